The van der Waals surface area contributed by atoms with Crippen LogP contribution in [-0.2, 0) is 14.3 Å². The standard InChI is InChI=1S/C11H19NO4/c1-8-9(5-7-16-8)11(15)12-6-3-2-4-10(13)14/h8-9H,2-7H2,1H3,(H,12,15)(H,13,14). The molecule has 5 nitrogen and oxygen atoms in total. The lowest BCUT2D eigenvalue weighted by molar-refractivity contribution is -0.137. The molecule has 0 bridgehead atoms. The normalized spacial score (nSPS) is 24.3. The molecule has 0 aliphatic carbocycles. The van der Waals surface area contributed by atoms with Gasteiger partial charge in [0.1, 0.15) is 0 Å². The van der Waals surface area contributed by atoms with Crippen molar-refractivity contribution in [1.29, 1.82) is 0 Å². The van der Waals surface area contributed by atoms with E-state index in [-0.39, 0.29) is 24.3 Å². The van der Waals surface area contributed by atoms with E-state index in [9.17, 15) is 9.59 Å². The number of carbonyl (C=O) groups is 2. The fraction of sp³-hybridized carbons (Fsp3) is 0.818. The highest BCUT2D eigenvalue weighted by Gasteiger charge is 2.30. The van der Waals surface area contributed by atoms with Gasteiger partial charge >= 0.3 is 5.97 Å². The van der Waals surface area contributed by atoms with Gasteiger partial charge in [0.15, 0.2) is 0 Å². The SMILES string of the molecule is CC1OCCC1C(=O)NCCCCC(=O)O. The molecule has 2 unspecified atom stereocenters. The summed E-state index contributed by atoms with van der Waals surface area (Å²) in [6.45, 7) is 3.11. The molecule has 2 atom stereocenters. The van der Waals surface area contributed by atoms with Gasteiger partial charge in [0, 0.05) is 19.6 Å². The molecule has 1 aliphatic rings. The monoisotopic (exact) mass is 229 g/mol. The van der Waals surface area contributed by atoms with Crippen LogP contribution >= 0.6 is 0 Å². The topological polar surface area (TPSA) is 75.6 Å². The number of aliphatic carboxylic acids is 1. The van der Waals surface area contributed by atoms with E-state index in [0.29, 0.717) is 26.0 Å². The van der Waals surface area contributed by atoms with Gasteiger partial charge in [-0.2, -0.15) is 0 Å². The van der Waals surface area contributed by atoms with Gasteiger partial charge in [-0.25, -0.2) is 0 Å². The molecule has 1 heterocycles. The Bertz CT molecular complexity index is 254. The number of rotatable bonds is 6. The third kappa shape index (κ3) is 4.18. The fourth-order valence-electron chi connectivity index (χ4n) is 1.82. The Labute approximate surface area is 95.2 Å². The minimum atomic E-state index is -0.788. The Kier molecular flexibility index (Phi) is 5.25. The maximum absolute atomic E-state index is 11.6. The van der Waals surface area contributed by atoms with Gasteiger partial charge < -0.3 is 15.2 Å². The number of hydrogen-bond donors (Lipinski definition) is 2. The summed E-state index contributed by atoms with van der Waals surface area (Å²) in [5.74, 6) is -0.802. The van der Waals surface area contributed by atoms with Crippen molar-refractivity contribution in [3.63, 3.8) is 0 Å². The summed E-state index contributed by atoms with van der Waals surface area (Å²) in [5.41, 5.74) is 0. The van der Waals surface area contributed by atoms with Gasteiger partial charge in [-0.05, 0) is 26.2 Å². The number of hydrogen-bond acceptors (Lipinski definition) is 3. The summed E-state index contributed by atoms with van der Waals surface area (Å²) in [5, 5.41) is 11.2. The molecule has 1 saturated heterocycles. The third-order valence-corrected chi connectivity index (χ3v) is 2.83. The van der Waals surface area contributed by atoms with E-state index in [1.54, 1.807) is 0 Å². The highest BCUT2D eigenvalue weighted by atomic mass is 16.5. The van der Waals surface area contributed by atoms with Crippen molar-refractivity contribution < 1.29 is 19.4 Å². The zero-order valence-electron chi connectivity index (χ0n) is 9.57. The zero-order chi connectivity index (χ0) is 12.0. The quantitative estimate of drug-likeness (QED) is 0.660. The molecule has 0 saturated carbocycles. The number of amides is 1. The van der Waals surface area contributed by atoms with Crippen molar-refractivity contribution in [2.24, 2.45) is 5.92 Å². The van der Waals surface area contributed by atoms with Gasteiger partial charge in [0.2, 0.25) is 5.91 Å². The average Bonchev–Trinajstić information content (AvgIpc) is 2.63. The summed E-state index contributed by atoms with van der Waals surface area (Å²) in [7, 11) is 0. The van der Waals surface area contributed by atoms with E-state index in [2.05, 4.69) is 5.32 Å². The van der Waals surface area contributed by atoms with Gasteiger partial charge in [0.05, 0.1) is 12.0 Å². The zero-order valence-corrected chi connectivity index (χ0v) is 9.57. The van der Waals surface area contributed by atoms with Gasteiger partial charge in [-0.1, -0.05) is 0 Å². The van der Waals surface area contributed by atoms with Gasteiger partial charge in [-0.3, -0.25) is 9.59 Å². The van der Waals surface area contributed by atoms with Crippen LogP contribution in [0.25, 0.3) is 0 Å². The lowest BCUT2D eigenvalue weighted by atomic mass is 10.0. The third-order valence-electron chi connectivity index (χ3n) is 2.83. The number of carbonyl (C=O) groups excluding carboxylic acids is 1. The Morgan fingerprint density at radius 1 is 1.44 bits per heavy atom. The second kappa shape index (κ2) is 6.48. The molecular formula is C11H19NO4. The van der Waals surface area contributed by atoms with Crippen LogP contribution in [0.1, 0.15) is 32.6 Å². The lowest BCUT2D eigenvalue weighted by Crippen LogP contribution is -2.34. The van der Waals surface area contributed by atoms with Crippen LogP contribution < -0.4 is 5.32 Å². The molecular weight excluding hydrogens is 210 g/mol. The first-order valence-electron chi connectivity index (χ1n) is 5.72. The molecule has 92 valence electrons. The molecule has 0 aromatic rings. The second-order valence-electron chi connectivity index (χ2n) is 4.11. The first kappa shape index (κ1) is 13.0. The van der Waals surface area contributed by atoms with E-state index in [1.807, 2.05) is 6.92 Å². The minimum Gasteiger partial charge on any atom is -0.481 e. The van der Waals surface area contributed by atoms with E-state index >= 15 is 0 Å². The van der Waals surface area contributed by atoms with Crippen molar-refractivity contribution in [2.45, 2.75) is 38.7 Å². The summed E-state index contributed by atoms with van der Waals surface area (Å²) in [4.78, 5) is 21.9. The van der Waals surface area contributed by atoms with Crippen molar-refractivity contribution >= 4 is 11.9 Å². The largest absolute Gasteiger partial charge is 0.481 e. The summed E-state index contributed by atoms with van der Waals surface area (Å²) in [6, 6.07) is 0. The molecule has 0 spiro atoms. The summed E-state index contributed by atoms with van der Waals surface area (Å²) < 4.78 is 5.31. The average molecular weight is 229 g/mol. The fourth-order valence-corrected chi connectivity index (χ4v) is 1.82. The minimum absolute atomic E-state index is 0.000908. The molecule has 0 aromatic carbocycles. The number of carboxylic acid groups (broad SMARTS) is 1. The van der Waals surface area contributed by atoms with Crippen LogP contribution in [-0.4, -0.2) is 36.2 Å². The lowest BCUT2D eigenvalue weighted by Gasteiger charge is -2.13. The predicted molar refractivity (Wildman–Crippen MR) is 58.0 cm³/mol. The molecule has 0 radical (unpaired) electrons. The van der Waals surface area contributed by atoms with Crippen LogP contribution in [0, 0.1) is 5.92 Å². The van der Waals surface area contributed by atoms with Crippen LogP contribution in [0.3, 0.4) is 0 Å². The Balaban J connectivity index is 2.08. The number of carboxylic acids is 1. The number of unbranched alkanes of at least 4 members (excludes halogenated alkanes) is 1. The molecule has 5 heteroatoms. The van der Waals surface area contributed by atoms with Crippen molar-refractivity contribution in [3.8, 4) is 0 Å². The Hall–Kier alpha value is -1.10. The van der Waals surface area contributed by atoms with Crippen LogP contribution in [0.5, 0.6) is 0 Å². The molecule has 1 fully saturated rings. The van der Waals surface area contributed by atoms with Gasteiger partial charge in [-0.15, -0.1) is 0 Å². The predicted octanol–water partition coefficient (Wildman–Crippen LogP) is 0.782. The Morgan fingerprint density at radius 3 is 2.75 bits per heavy atom. The molecule has 0 aromatic heterocycles. The van der Waals surface area contributed by atoms with Crippen LogP contribution in [0.2, 0.25) is 0 Å². The molecule has 2 N–H and O–H groups in total. The van der Waals surface area contributed by atoms with E-state index in [0.717, 1.165) is 6.42 Å². The smallest absolute Gasteiger partial charge is 0.303 e. The number of ether oxygens (including phenoxy) is 1. The first-order chi connectivity index (χ1) is 7.61. The van der Waals surface area contributed by atoms with Crippen LogP contribution in [0.15, 0.2) is 0 Å². The summed E-state index contributed by atoms with van der Waals surface area (Å²) in [6.07, 6.45) is 2.26. The molecule has 1 rings (SSSR count). The molecule has 1 amide bonds. The number of nitrogens with one attached hydrogen (secondary N) is 1. The van der Waals surface area contributed by atoms with E-state index in [1.165, 1.54) is 0 Å². The van der Waals surface area contributed by atoms with Crippen molar-refractivity contribution in [1.82, 2.24) is 5.32 Å². The van der Waals surface area contributed by atoms with Gasteiger partial charge in [0.25, 0.3) is 0 Å². The second-order valence-corrected chi connectivity index (χ2v) is 4.11. The van der Waals surface area contributed by atoms with Crippen molar-refractivity contribution in [2.75, 3.05) is 13.2 Å². The van der Waals surface area contributed by atoms with Crippen LogP contribution in [0.4, 0.5) is 0 Å². The van der Waals surface area contributed by atoms with E-state index in [4.69, 9.17) is 9.84 Å². The molecule has 16 heavy (non-hydrogen) atoms. The maximum Gasteiger partial charge on any atom is 0.303 e. The molecule has 1 aliphatic heterocycles. The van der Waals surface area contributed by atoms with Crippen molar-refractivity contribution in [3.05, 3.63) is 0 Å². The maximum atomic E-state index is 11.6. The summed E-state index contributed by atoms with van der Waals surface area (Å²) >= 11 is 0. The first-order valence-corrected chi connectivity index (χ1v) is 5.72. The highest BCUT2D eigenvalue weighted by molar-refractivity contribution is 5.79. The highest BCUT2D eigenvalue weighted by Crippen LogP contribution is 2.20. The Morgan fingerprint density at radius 2 is 2.19 bits per heavy atom. The van der Waals surface area contributed by atoms with E-state index < -0.39 is 5.97 Å².